The van der Waals surface area contributed by atoms with Gasteiger partial charge in [-0.15, -0.1) is 0 Å². The predicted molar refractivity (Wildman–Crippen MR) is 112 cm³/mol. The maximum atomic E-state index is 12.5. The minimum atomic E-state index is -0.446. The molecule has 0 radical (unpaired) electrons. The zero-order chi connectivity index (χ0) is 20.1. The molecule has 2 aromatic carbocycles. The van der Waals surface area contributed by atoms with Gasteiger partial charge in [0.1, 0.15) is 5.69 Å². The normalized spacial score (nSPS) is 10.2. The Morgan fingerprint density at radius 1 is 0.929 bits per heavy atom. The zero-order valence-corrected chi connectivity index (χ0v) is 16.2. The van der Waals surface area contributed by atoms with E-state index in [-0.39, 0.29) is 11.6 Å². The first-order chi connectivity index (χ1) is 13.4. The molecule has 0 atom stereocenters. The smallest absolute Gasteiger partial charge is 0.274 e. The Balaban J connectivity index is 1.72. The van der Waals surface area contributed by atoms with Gasteiger partial charge in [0, 0.05) is 37.2 Å². The number of nitrogens with zero attached hydrogens (tertiary/aromatic N) is 2. The van der Waals surface area contributed by atoms with E-state index in [4.69, 9.17) is 11.6 Å². The summed E-state index contributed by atoms with van der Waals surface area (Å²) in [5, 5.41) is 5.92. The molecule has 28 heavy (non-hydrogen) atoms. The third-order valence-corrected chi connectivity index (χ3v) is 4.35. The molecule has 0 aliphatic rings. The molecule has 0 spiro atoms. The summed E-state index contributed by atoms with van der Waals surface area (Å²) in [5.41, 5.74) is 2.62. The van der Waals surface area contributed by atoms with Crippen LogP contribution >= 0.6 is 11.6 Å². The molecule has 2 N–H and O–H groups in total. The Labute approximate surface area is 168 Å². The number of para-hydroxylation sites is 1. The van der Waals surface area contributed by atoms with E-state index < -0.39 is 5.91 Å². The fourth-order valence-electron chi connectivity index (χ4n) is 2.49. The molecule has 0 saturated carbocycles. The summed E-state index contributed by atoms with van der Waals surface area (Å²) < 4.78 is 0. The summed E-state index contributed by atoms with van der Waals surface area (Å²) in [6, 6.07) is 17.3. The van der Waals surface area contributed by atoms with Crippen LogP contribution in [0.25, 0.3) is 0 Å². The van der Waals surface area contributed by atoms with E-state index in [9.17, 15) is 9.59 Å². The third kappa shape index (κ3) is 4.66. The van der Waals surface area contributed by atoms with Gasteiger partial charge in [-0.1, -0.05) is 23.7 Å². The quantitative estimate of drug-likeness (QED) is 0.676. The van der Waals surface area contributed by atoms with Crippen LogP contribution in [0.4, 0.5) is 17.1 Å². The second-order valence-corrected chi connectivity index (χ2v) is 6.67. The molecule has 3 aromatic rings. The standard InChI is InChI=1S/C21H19ClN4O2/c1-26(2)16-9-7-15(8-10-16)24-20(27)14-11-12-23-19(13-14)21(28)25-18-6-4-3-5-17(18)22/h3-13H,1-2H3,(H,24,27)(H,25,28). The maximum absolute atomic E-state index is 12.5. The number of carbonyl (C=O) groups is 2. The first-order valence-electron chi connectivity index (χ1n) is 8.55. The first kappa shape index (κ1) is 19.4. The highest BCUT2D eigenvalue weighted by atomic mass is 35.5. The van der Waals surface area contributed by atoms with Crippen LogP contribution in [-0.2, 0) is 0 Å². The maximum Gasteiger partial charge on any atom is 0.274 e. The van der Waals surface area contributed by atoms with Crippen LogP contribution in [0.2, 0.25) is 5.02 Å². The van der Waals surface area contributed by atoms with E-state index >= 15 is 0 Å². The molecule has 0 bridgehead atoms. The van der Waals surface area contributed by atoms with Gasteiger partial charge in [-0.05, 0) is 48.5 Å². The molecule has 0 unspecified atom stereocenters. The topological polar surface area (TPSA) is 74.3 Å². The molecule has 6 nitrogen and oxygen atoms in total. The molecule has 7 heteroatoms. The molecule has 1 aromatic heterocycles. The number of hydrogen-bond donors (Lipinski definition) is 2. The zero-order valence-electron chi connectivity index (χ0n) is 15.4. The number of benzene rings is 2. The molecule has 142 valence electrons. The molecule has 0 saturated heterocycles. The van der Waals surface area contributed by atoms with Crippen LogP contribution in [0, 0.1) is 0 Å². The third-order valence-electron chi connectivity index (χ3n) is 4.02. The fraction of sp³-hybridized carbons (Fsp3) is 0.0952. The molecule has 3 rings (SSSR count). The second kappa shape index (κ2) is 8.54. The van der Waals surface area contributed by atoms with Crippen molar-refractivity contribution < 1.29 is 9.59 Å². The van der Waals surface area contributed by atoms with Gasteiger partial charge in [0.25, 0.3) is 11.8 Å². The summed E-state index contributed by atoms with van der Waals surface area (Å²) in [5.74, 6) is -0.773. The molecule has 2 amide bonds. The van der Waals surface area contributed by atoms with Crippen molar-refractivity contribution in [3.63, 3.8) is 0 Å². The van der Waals surface area contributed by atoms with Crippen molar-refractivity contribution in [2.24, 2.45) is 0 Å². The lowest BCUT2D eigenvalue weighted by molar-refractivity contribution is 0.102. The Bertz CT molecular complexity index is 1000. The lowest BCUT2D eigenvalue weighted by Gasteiger charge is -2.13. The van der Waals surface area contributed by atoms with Crippen molar-refractivity contribution in [1.82, 2.24) is 4.98 Å². The number of nitrogens with one attached hydrogen (secondary N) is 2. The number of rotatable bonds is 5. The Morgan fingerprint density at radius 2 is 1.64 bits per heavy atom. The molecule has 0 aliphatic carbocycles. The van der Waals surface area contributed by atoms with Crippen LogP contribution in [0.5, 0.6) is 0 Å². The highest BCUT2D eigenvalue weighted by Gasteiger charge is 2.13. The van der Waals surface area contributed by atoms with E-state index in [1.165, 1.54) is 12.3 Å². The fourth-order valence-corrected chi connectivity index (χ4v) is 2.67. The predicted octanol–water partition coefficient (Wildman–Crippen LogP) is 4.31. The van der Waals surface area contributed by atoms with Gasteiger partial charge in [0.2, 0.25) is 0 Å². The highest BCUT2D eigenvalue weighted by Crippen LogP contribution is 2.21. The van der Waals surface area contributed by atoms with Gasteiger partial charge in [0.05, 0.1) is 10.7 Å². The summed E-state index contributed by atoms with van der Waals surface area (Å²) in [6.45, 7) is 0. The molecule has 0 aliphatic heterocycles. The van der Waals surface area contributed by atoms with Crippen molar-refractivity contribution in [3.05, 3.63) is 83.1 Å². The van der Waals surface area contributed by atoms with Gasteiger partial charge in [-0.3, -0.25) is 14.6 Å². The minimum absolute atomic E-state index is 0.121. The Hall–Kier alpha value is -3.38. The van der Waals surface area contributed by atoms with Gasteiger partial charge >= 0.3 is 0 Å². The van der Waals surface area contributed by atoms with Crippen LogP contribution in [0.1, 0.15) is 20.8 Å². The summed E-state index contributed by atoms with van der Waals surface area (Å²) in [4.78, 5) is 31.0. The highest BCUT2D eigenvalue weighted by molar-refractivity contribution is 6.33. The molecular formula is C21H19ClN4O2. The number of pyridine rings is 1. The minimum Gasteiger partial charge on any atom is -0.378 e. The van der Waals surface area contributed by atoms with Crippen molar-refractivity contribution in [2.45, 2.75) is 0 Å². The van der Waals surface area contributed by atoms with E-state index in [0.29, 0.717) is 22.0 Å². The first-order valence-corrected chi connectivity index (χ1v) is 8.92. The van der Waals surface area contributed by atoms with Crippen LogP contribution < -0.4 is 15.5 Å². The average Bonchev–Trinajstić information content (AvgIpc) is 2.70. The number of halogens is 1. The van der Waals surface area contributed by atoms with Crippen molar-refractivity contribution in [1.29, 1.82) is 0 Å². The Morgan fingerprint density at radius 3 is 2.32 bits per heavy atom. The van der Waals surface area contributed by atoms with Crippen LogP contribution in [-0.4, -0.2) is 30.9 Å². The van der Waals surface area contributed by atoms with E-state index in [0.717, 1.165) is 5.69 Å². The van der Waals surface area contributed by atoms with E-state index in [1.54, 1.807) is 30.3 Å². The van der Waals surface area contributed by atoms with E-state index in [1.807, 2.05) is 43.3 Å². The lowest BCUT2D eigenvalue weighted by atomic mass is 10.2. The summed E-state index contributed by atoms with van der Waals surface area (Å²) in [7, 11) is 3.89. The number of hydrogen-bond acceptors (Lipinski definition) is 4. The second-order valence-electron chi connectivity index (χ2n) is 6.26. The average molecular weight is 395 g/mol. The van der Waals surface area contributed by atoms with Gasteiger partial charge in [-0.2, -0.15) is 0 Å². The van der Waals surface area contributed by atoms with Gasteiger partial charge < -0.3 is 15.5 Å². The number of amides is 2. The van der Waals surface area contributed by atoms with Crippen molar-refractivity contribution in [3.8, 4) is 0 Å². The number of carbonyl (C=O) groups excluding carboxylic acids is 2. The molecular weight excluding hydrogens is 376 g/mol. The molecule has 1 heterocycles. The Kier molecular flexibility index (Phi) is 5.91. The summed E-state index contributed by atoms with van der Waals surface area (Å²) in [6.07, 6.45) is 1.42. The van der Waals surface area contributed by atoms with Gasteiger partial charge in [0.15, 0.2) is 0 Å². The lowest BCUT2D eigenvalue weighted by Crippen LogP contribution is -2.17. The largest absolute Gasteiger partial charge is 0.378 e. The molecule has 0 fully saturated rings. The van der Waals surface area contributed by atoms with Crippen LogP contribution in [0.3, 0.4) is 0 Å². The number of aromatic nitrogens is 1. The monoisotopic (exact) mass is 394 g/mol. The number of anilines is 3. The van der Waals surface area contributed by atoms with Crippen LogP contribution in [0.15, 0.2) is 66.9 Å². The summed E-state index contributed by atoms with van der Waals surface area (Å²) >= 11 is 6.06. The van der Waals surface area contributed by atoms with Crippen molar-refractivity contribution >= 4 is 40.5 Å². The van der Waals surface area contributed by atoms with Crippen molar-refractivity contribution in [2.75, 3.05) is 29.6 Å². The van der Waals surface area contributed by atoms with E-state index in [2.05, 4.69) is 15.6 Å². The van der Waals surface area contributed by atoms with Gasteiger partial charge in [-0.25, -0.2) is 0 Å². The SMILES string of the molecule is CN(C)c1ccc(NC(=O)c2ccnc(C(=O)Nc3ccccc3Cl)c2)cc1.